The maximum atomic E-state index is 13.1. The van der Waals surface area contributed by atoms with Gasteiger partial charge < -0.3 is 4.74 Å². The van der Waals surface area contributed by atoms with Gasteiger partial charge in [-0.2, -0.15) is 9.57 Å². The van der Waals surface area contributed by atoms with E-state index in [4.69, 9.17) is 4.74 Å². The van der Waals surface area contributed by atoms with Crippen LogP contribution in [0.15, 0.2) is 34.3 Å². The lowest BCUT2D eigenvalue weighted by Gasteiger charge is -2.26. The SMILES string of the molecule is CC(C#N)Sc1nnc(-c2cccc(S(=O)(=O)N3CCOCC3)c2)n1C1CCCC1. The van der Waals surface area contributed by atoms with Gasteiger partial charge in [-0.1, -0.05) is 36.7 Å². The molecule has 2 fully saturated rings. The van der Waals surface area contributed by atoms with Gasteiger partial charge in [0, 0.05) is 24.7 Å². The second-order valence-corrected chi connectivity index (χ2v) is 10.8. The predicted octanol–water partition coefficient (Wildman–Crippen LogP) is 3.09. The summed E-state index contributed by atoms with van der Waals surface area (Å²) in [5.41, 5.74) is 0.722. The third kappa shape index (κ3) is 4.25. The molecule has 1 saturated carbocycles. The number of sulfonamides is 1. The van der Waals surface area contributed by atoms with Crippen molar-refractivity contribution in [3.05, 3.63) is 24.3 Å². The van der Waals surface area contributed by atoms with Crippen LogP contribution in [-0.4, -0.2) is 59.0 Å². The molecule has 160 valence electrons. The average Bonchev–Trinajstić information content (AvgIpc) is 3.44. The number of nitriles is 1. The number of hydrogen-bond donors (Lipinski definition) is 0. The zero-order valence-electron chi connectivity index (χ0n) is 16.9. The molecule has 2 heterocycles. The molecule has 0 amide bonds. The third-order valence-electron chi connectivity index (χ3n) is 5.52. The zero-order valence-corrected chi connectivity index (χ0v) is 18.5. The van der Waals surface area contributed by atoms with Gasteiger partial charge in [0.05, 0.1) is 29.4 Å². The molecule has 4 rings (SSSR count). The minimum Gasteiger partial charge on any atom is -0.379 e. The summed E-state index contributed by atoms with van der Waals surface area (Å²) in [6.07, 6.45) is 4.36. The zero-order chi connectivity index (χ0) is 21.1. The molecule has 2 aliphatic rings. The quantitative estimate of drug-likeness (QED) is 0.627. The van der Waals surface area contributed by atoms with Gasteiger partial charge in [0.15, 0.2) is 11.0 Å². The van der Waals surface area contributed by atoms with Crippen LogP contribution in [0.2, 0.25) is 0 Å². The van der Waals surface area contributed by atoms with E-state index in [9.17, 15) is 13.7 Å². The summed E-state index contributed by atoms with van der Waals surface area (Å²) in [6, 6.07) is 9.43. The van der Waals surface area contributed by atoms with Crippen LogP contribution in [0, 0.1) is 11.3 Å². The molecule has 0 spiro atoms. The molecule has 10 heteroatoms. The fourth-order valence-electron chi connectivity index (χ4n) is 3.96. The Morgan fingerprint density at radius 2 is 1.97 bits per heavy atom. The van der Waals surface area contributed by atoms with Crippen LogP contribution in [0.3, 0.4) is 0 Å². The summed E-state index contributed by atoms with van der Waals surface area (Å²) in [5.74, 6) is 0.661. The molecule has 0 bridgehead atoms. The molecule has 1 aromatic carbocycles. The molecule has 0 radical (unpaired) electrons. The Bertz CT molecular complexity index is 1030. The molecular weight excluding hydrogens is 422 g/mol. The van der Waals surface area contributed by atoms with E-state index >= 15 is 0 Å². The van der Waals surface area contributed by atoms with Crippen LogP contribution in [0.1, 0.15) is 38.6 Å². The first kappa shape index (κ1) is 21.3. The van der Waals surface area contributed by atoms with Crippen molar-refractivity contribution in [1.82, 2.24) is 19.1 Å². The second kappa shape index (κ2) is 9.06. The van der Waals surface area contributed by atoms with E-state index in [0.29, 0.717) is 37.3 Å². The highest BCUT2D eigenvalue weighted by Crippen LogP contribution is 2.37. The standard InChI is InChI=1S/C20H25N5O3S2/c1-15(14-21)29-20-23-22-19(25(20)17-6-2-3-7-17)16-5-4-8-18(13-16)30(26,27)24-9-11-28-12-10-24/h4-5,8,13,15,17H,2-3,6-7,9-12H2,1H3. The first-order valence-corrected chi connectivity index (χ1v) is 12.5. The molecule has 1 unspecified atom stereocenters. The topological polar surface area (TPSA) is 101 Å². The number of ether oxygens (including phenoxy) is 1. The van der Waals surface area contributed by atoms with Gasteiger partial charge in [-0.25, -0.2) is 8.42 Å². The minimum absolute atomic E-state index is 0.241. The lowest BCUT2D eigenvalue weighted by atomic mass is 10.2. The van der Waals surface area contributed by atoms with Gasteiger partial charge in [-0.3, -0.25) is 4.57 Å². The number of thioether (sulfide) groups is 1. The van der Waals surface area contributed by atoms with Crippen molar-refractivity contribution in [3.63, 3.8) is 0 Å². The largest absolute Gasteiger partial charge is 0.379 e. The van der Waals surface area contributed by atoms with Crippen molar-refractivity contribution in [2.24, 2.45) is 0 Å². The monoisotopic (exact) mass is 447 g/mol. The third-order valence-corrected chi connectivity index (χ3v) is 8.36. The molecule has 1 aromatic heterocycles. The van der Waals surface area contributed by atoms with E-state index < -0.39 is 10.0 Å². The number of hydrogen-bond acceptors (Lipinski definition) is 7. The van der Waals surface area contributed by atoms with Gasteiger partial charge in [-0.05, 0) is 31.9 Å². The van der Waals surface area contributed by atoms with Crippen LogP contribution in [0.5, 0.6) is 0 Å². The van der Waals surface area contributed by atoms with Crippen molar-refractivity contribution in [3.8, 4) is 17.5 Å². The lowest BCUT2D eigenvalue weighted by Crippen LogP contribution is -2.40. The smallest absolute Gasteiger partial charge is 0.243 e. The van der Waals surface area contributed by atoms with Crippen LogP contribution in [0.4, 0.5) is 0 Å². The van der Waals surface area contributed by atoms with Crippen molar-refractivity contribution in [2.75, 3.05) is 26.3 Å². The van der Waals surface area contributed by atoms with Crippen molar-refractivity contribution in [2.45, 2.75) is 54.0 Å². The van der Waals surface area contributed by atoms with Gasteiger partial charge in [0.25, 0.3) is 0 Å². The van der Waals surface area contributed by atoms with E-state index in [1.807, 2.05) is 13.0 Å². The first-order valence-electron chi connectivity index (χ1n) is 10.2. The highest BCUT2D eigenvalue weighted by Gasteiger charge is 2.29. The van der Waals surface area contributed by atoms with Crippen LogP contribution < -0.4 is 0 Å². The molecule has 8 nitrogen and oxygen atoms in total. The first-order chi connectivity index (χ1) is 14.5. The Hall–Kier alpha value is -1.93. The molecule has 30 heavy (non-hydrogen) atoms. The number of nitrogens with zero attached hydrogens (tertiary/aromatic N) is 5. The Labute approximate surface area is 181 Å². The maximum absolute atomic E-state index is 13.1. The van der Waals surface area contributed by atoms with E-state index in [1.54, 1.807) is 18.2 Å². The highest BCUT2D eigenvalue weighted by atomic mass is 32.2. The molecule has 0 N–H and O–H groups in total. The molecule has 2 aromatic rings. The van der Waals surface area contributed by atoms with Gasteiger partial charge in [0.1, 0.15) is 0 Å². The predicted molar refractivity (Wildman–Crippen MR) is 113 cm³/mol. The van der Waals surface area contributed by atoms with Crippen LogP contribution in [0.25, 0.3) is 11.4 Å². The number of benzene rings is 1. The molecular formula is C20H25N5O3S2. The number of rotatable bonds is 6. The van der Waals surface area contributed by atoms with E-state index in [1.165, 1.54) is 16.1 Å². The Morgan fingerprint density at radius 1 is 1.23 bits per heavy atom. The Balaban J connectivity index is 1.72. The van der Waals surface area contributed by atoms with Gasteiger partial charge in [-0.15, -0.1) is 10.2 Å². The molecule has 1 saturated heterocycles. The van der Waals surface area contributed by atoms with Crippen LogP contribution >= 0.6 is 11.8 Å². The molecule has 1 atom stereocenters. The summed E-state index contributed by atoms with van der Waals surface area (Å²) in [5, 5.41) is 18.5. The second-order valence-electron chi connectivity index (χ2n) is 7.55. The normalized spacial score (nSPS) is 19.6. The fourth-order valence-corrected chi connectivity index (χ4v) is 6.22. The summed E-state index contributed by atoms with van der Waals surface area (Å²) < 4.78 is 35.0. The Morgan fingerprint density at radius 3 is 2.67 bits per heavy atom. The van der Waals surface area contributed by atoms with Crippen LogP contribution in [-0.2, 0) is 14.8 Å². The average molecular weight is 448 g/mol. The summed E-state index contributed by atoms with van der Waals surface area (Å²) >= 11 is 1.39. The van der Waals surface area contributed by atoms with Gasteiger partial charge in [0.2, 0.25) is 10.0 Å². The molecule has 1 aliphatic heterocycles. The van der Waals surface area contributed by atoms with Crippen molar-refractivity contribution < 1.29 is 13.2 Å². The maximum Gasteiger partial charge on any atom is 0.243 e. The highest BCUT2D eigenvalue weighted by molar-refractivity contribution is 8.00. The Kier molecular flexibility index (Phi) is 6.43. The number of morpholine rings is 1. The van der Waals surface area contributed by atoms with Crippen molar-refractivity contribution >= 4 is 21.8 Å². The lowest BCUT2D eigenvalue weighted by molar-refractivity contribution is 0.0730. The van der Waals surface area contributed by atoms with E-state index in [-0.39, 0.29) is 16.2 Å². The fraction of sp³-hybridized carbons (Fsp3) is 0.550. The van der Waals surface area contributed by atoms with Crippen molar-refractivity contribution in [1.29, 1.82) is 5.26 Å². The number of aromatic nitrogens is 3. The van der Waals surface area contributed by atoms with E-state index in [2.05, 4.69) is 20.8 Å². The summed E-state index contributed by atoms with van der Waals surface area (Å²) in [6.45, 7) is 3.38. The molecule has 1 aliphatic carbocycles. The van der Waals surface area contributed by atoms with E-state index in [0.717, 1.165) is 31.2 Å². The summed E-state index contributed by atoms with van der Waals surface area (Å²) in [7, 11) is -3.59. The minimum atomic E-state index is -3.59. The van der Waals surface area contributed by atoms with Gasteiger partial charge >= 0.3 is 0 Å². The summed E-state index contributed by atoms with van der Waals surface area (Å²) in [4.78, 5) is 0.252.